The van der Waals surface area contributed by atoms with Crippen molar-refractivity contribution < 1.29 is 0 Å². The van der Waals surface area contributed by atoms with E-state index in [9.17, 15) is 0 Å². The first-order valence-corrected chi connectivity index (χ1v) is 6.29. The van der Waals surface area contributed by atoms with Gasteiger partial charge in [-0.05, 0) is 24.7 Å². The van der Waals surface area contributed by atoms with Gasteiger partial charge in [0, 0.05) is 25.8 Å². The molecule has 0 radical (unpaired) electrons. The molecule has 3 atom stereocenters. The molecule has 2 rings (SSSR count). The van der Waals surface area contributed by atoms with Crippen molar-refractivity contribution in [1.82, 2.24) is 20.3 Å². The normalized spacial score (nSPS) is 29.8. The molecule has 0 aromatic carbocycles. The van der Waals surface area contributed by atoms with Gasteiger partial charge in [0.05, 0.1) is 5.69 Å². The van der Waals surface area contributed by atoms with Crippen LogP contribution < -0.4 is 5.32 Å². The molecule has 1 N–H and O–H groups in total. The van der Waals surface area contributed by atoms with Crippen molar-refractivity contribution in [3.05, 3.63) is 11.9 Å². The Morgan fingerprint density at radius 2 is 2.31 bits per heavy atom. The summed E-state index contributed by atoms with van der Waals surface area (Å²) in [6, 6.07) is 0.659. The van der Waals surface area contributed by atoms with Gasteiger partial charge in [0.2, 0.25) is 0 Å². The van der Waals surface area contributed by atoms with E-state index in [2.05, 4.69) is 29.5 Å². The van der Waals surface area contributed by atoms with Crippen LogP contribution in [0.1, 0.15) is 38.8 Å². The van der Waals surface area contributed by atoms with E-state index in [0.717, 1.165) is 24.1 Å². The predicted molar refractivity (Wildman–Crippen MR) is 63.8 cm³/mol. The first kappa shape index (κ1) is 11.6. The molecule has 0 spiro atoms. The number of hydrogen-bond acceptors (Lipinski definition) is 3. The maximum atomic E-state index is 4.09. The summed E-state index contributed by atoms with van der Waals surface area (Å²) in [5.41, 5.74) is 1.04. The molecule has 0 amide bonds. The Morgan fingerprint density at radius 1 is 1.50 bits per heavy atom. The minimum absolute atomic E-state index is 0.659. The molecule has 1 fully saturated rings. The van der Waals surface area contributed by atoms with E-state index in [1.54, 1.807) is 4.68 Å². The van der Waals surface area contributed by atoms with Crippen LogP contribution in [0.25, 0.3) is 0 Å². The zero-order valence-corrected chi connectivity index (χ0v) is 10.5. The number of hydrogen-bond donors (Lipinski definition) is 1. The Labute approximate surface area is 97.4 Å². The van der Waals surface area contributed by atoms with Gasteiger partial charge in [-0.3, -0.25) is 4.68 Å². The maximum absolute atomic E-state index is 4.09. The molecule has 0 aliphatic heterocycles. The monoisotopic (exact) mass is 222 g/mol. The SMILES string of the molecule is CCC1CCC(NCc2cn(C)nn2)C1C. The average Bonchev–Trinajstić information content (AvgIpc) is 2.83. The smallest absolute Gasteiger partial charge is 0.0964 e. The lowest BCUT2D eigenvalue weighted by atomic mass is 9.93. The van der Waals surface area contributed by atoms with Gasteiger partial charge in [0.15, 0.2) is 0 Å². The molecule has 1 aromatic heterocycles. The molecule has 4 heteroatoms. The third kappa shape index (κ3) is 2.43. The largest absolute Gasteiger partial charge is 0.308 e. The summed E-state index contributed by atoms with van der Waals surface area (Å²) in [5.74, 6) is 1.70. The molecular weight excluding hydrogens is 200 g/mol. The molecule has 3 unspecified atom stereocenters. The van der Waals surface area contributed by atoms with Crippen molar-refractivity contribution in [2.75, 3.05) is 0 Å². The van der Waals surface area contributed by atoms with Crippen LogP contribution in [0, 0.1) is 11.8 Å². The lowest BCUT2D eigenvalue weighted by Gasteiger charge is -2.20. The third-order valence-electron chi connectivity index (χ3n) is 3.95. The molecular formula is C12H22N4. The van der Waals surface area contributed by atoms with Gasteiger partial charge in [-0.1, -0.05) is 25.5 Å². The second kappa shape index (κ2) is 4.95. The standard InChI is InChI=1S/C12H22N4/c1-4-10-5-6-12(9(10)2)13-7-11-8-16(3)15-14-11/h8-10,12-13H,4-7H2,1-3H3. The van der Waals surface area contributed by atoms with Crippen molar-refractivity contribution in [1.29, 1.82) is 0 Å². The minimum Gasteiger partial charge on any atom is -0.308 e. The van der Waals surface area contributed by atoms with Crippen LogP contribution in [-0.2, 0) is 13.6 Å². The van der Waals surface area contributed by atoms with E-state index in [4.69, 9.17) is 0 Å². The molecule has 1 aliphatic rings. The van der Waals surface area contributed by atoms with E-state index in [1.807, 2.05) is 13.2 Å². The van der Waals surface area contributed by atoms with Crippen LogP contribution in [0.4, 0.5) is 0 Å². The van der Waals surface area contributed by atoms with E-state index < -0.39 is 0 Å². The average molecular weight is 222 g/mol. The summed E-state index contributed by atoms with van der Waals surface area (Å²) >= 11 is 0. The Kier molecular flexibility index (Phi) is 3.59. The second-order valence-corrected chi connectivity index (χ2v) is 4.98. The van der Waals surface area contributed by atoms with Crippen molar-refractivity contribution in [2.24, 2.45) is 18.9 Å². The van der Waals surface area contributed by atoms with Crippen LogP contribution in [-0.4, -0.2) is 21.0 Å². The van der Waals surface area contributed by atoms with Crippen LogP contribution in [0.15, 0.2) is 6.20 Å². The summed E-state index contributed by atoms with van der Waals surface area (Å²) in [7, 11) is 1.90. The van der Waals surface area contributed by atoms with Gasteiger partial charge in [0.1, 0.15) is 0 Å². The molecule has 0 saturated heterocycles. The molecule has 1 aromatic rings. The molecule has 1 aliphatic carbocycles. The first-order valence-electron chi connectivity index (χ1n) is 6.29. The second-order valence-electron chi connectivity index (χ2n) is 4.98. The lowest BCUT2D eigenvalue weighted by Crippen LogP contribution is -2.32. The molecule has 1 heterocycles. The highest BCUT2D eigenvalue weighted by Crippen LogP contribution is 2.33. The maximum Gasteiger partial charge on any atom is 0.0964 e. The number of nitrogens with zero attached hydrogens (tertiary/aromatic N) is 3. The number of aryl methyl sites for hydroxylation is 1. The zero-order chi connectivity index (χ0) is 11.5. The van der Waals surface area contributed by atoms with Gasteiger partial charge in [-0.25, -0.2) is 0 Å². The fourth-order valence-corrected chi connectivity index (χ4v) is 2.82. The van der Waals surface area contributed by atoms with Crippen LogP contribution in [0.2, 0.25) is 0 Å². The summed E-state index contributed by atoms with van der Waals surface area (Å²) in [4.78, 5) is 0. The summed E-state index contributed by atoms with van der Waals surface area (Å²) in [6.07, 6.45) is 5.96. The molecule has 90 valence electrons. The minimum atomic E-state index is 0.659. The Balaban J connectivity index is 1.83. The highest BCUT2D eigenvalue weighted by molar-refractivity contribution is 4.94. The summed E-state index contributed by atoms with van der Waals surface area (Å²) < 4.78 is 1.75. The fourth-order valence-electron chi connectivity index (χ4n) is 2.82. The van der Waals surface area contributed by atoms with Crippen LogP contribution in [0.5, 0.6) is 0 Å². The van der Waals surface area contributed by atoms with E-state index >= 15 is 0 Å². The third-order valence-corrected chi connectivity index (χ3v) is 3.95. The van der Waals surface area contributed by atoms with E-state index in [0.29, 0.717) is 6.04 Å². The van der Waals surface area contributed by atoms with E-state index in [-0.39, 0.29) is 0 Å². The fraction of sp³-hybridized carbons (Fsp3) is 0.833. The van der Waals surface area contributed by atoms with Gasteiger partial charge in [-0.2, -0.15) is 0 Å². The van der Waals surface area contributed by atoms with Crippen molar-refractivity contribution in [3.63, 3.8) is 0 Å². The van der Waals surface area contributed by atoms with Gasteiger partial charge >= 0.3 is 0 Å². The molecule has 1 saturated carbocycles. The Hall–Kier alpha value is -0.900. The van der Waals surface area contributed by atoms with Gasteiger partial charge < -0.3 is 5.32 Å². The van der Waals surface area contributed by atoms with E-state index in [1.165, 1.54) is 19.3 Å². The number of rotatable bonds is 4. The highest BCUT2D eigenvalue weighted by Gasteiger charge is 2.30. The molecule has 16 heavy (non-hydrogen) atoms. The highest BCUT2D eigenvalue weighted by atomic mass is 15.4. The number of nitrogens with one attached hydrogen (secondary N) is 1. The van der Waals surface area contributed by atoms with Crippen LogP contribution >= 0.6 is 0 Å². The van der Waals surface area contributed by atoms with Crippen molar-refractivity contribution in [2.45, 2.75) is 45.7 Å². The Morgan fingerprint density at radius 3 is 2.88 bits per heavy atom. The van der Waals surface area contributed by atoms with Crippen LogP contribution in [0.3, 0.4) is 0 Å². The van der Waals surface area contributed by atoms with Crippen molar-refractivity contribution >= 4 is 0 Å². The molecule has 0 bridgehead atoms. The van der Waals surface area contributed by atoms with Gasteiger partial charge in [-0.15, -0.1) is 5.10 Å². The van der Waals surface area contributed by atoms with Crippen molar-refractivity contribution in [3.8, 4) is 0 Å². The Bertz CT molecular complexity index is 334. The topological polar surface area (TPSA) is 42.7 Å². The van der Waals surface area contributed by atoms with Gasteiger partial charge in [0.25, 0.3) is 0 Å². The number of aromatic nitrogens is 3. The lowest BCUT2D eigenvalue weighted by molar-refractivity contribution is 0.343. The molecule has 4 nitrogen and oxygen atoms in total. The predicted octanol–water partition coefficient (Wildman–Crippen LogP) is 1.73. The summed E-state index contributed by atoms with van der Waals surface area (Å²) in [5, 5.41) is 11.6. The quantitative estimate of drug-likeness (QED) is 0.843. The first-order chi connectivity index (χ1) is 7.70. The summed E-state index contributed by atoms with van der Waals surface area (Å²) in [6.45, 7) is 5.51. The zero-order valence-electron chi connectivity index (χ0n) is 10.5.